The molecule has 1 atom stereocenters. The number of hydrogen-bond donors (Lipinski definition) is 2. The minimum atomic E-state index is 0.146. The lowest BCUT2D eigenvalue weighted by Crippen LogP contribution is -2.46. The van der Waals surface area contributed by atoms with Crippen LogP contribution in [0.1, 0.15) is 42.7 Å². The highest BCUT2D eigenvalue weighted by atomic mass is 16.1. The maximum absolute atomic E-state index is 12.0. The molecule has 2 N–H and O–H groups in total. The first-order chi connectivity index (χ1) is 9.31. The summed E-state index contributed by atoms with van der Waals surface area (Å²) in [5.74, 6) is 0.934. The molecule has 0 spiro atoms. The second-order valence-corrected chi connectivity index (χ2v) is 5.80. The predicted molar refractivity (Wildman–Crippen MR) is 76.2 cm³/mol. The lowest BCUT2D eigenvalue weighted by atomic mass is 10.0. The molecule has 19 heavy (non-hydrogen) atoms. The molecule has 0 radical (unpaired) electrons. The summed E-state index contributed by atoms with van der Waals surface area (Å²) in [4.78, 5) is 12.0. The predicted octanol–water partition coefficient (Wildman–Crippen LogP) is 1.97. The monoisotopic (exact) mass is 258 g/mol. The van der Waals surface area contributed by atoms with Gasteiger partial charge in [-0.05, 0) is 49.3 Å². The molecule has 3 heteroatoms. The Morgan fingerprint density at radius 1 is 1.21 bits per heavy atom. The quantitative estimate of drug-likeness (QED) is 0.867. The van der Waals surface area contributed by atoms with Crippen molar-refractivity contribution < 1.29 is 4.79 Å². The number of amides is 1. The first-order valence-corrected chi connectivity index (χ1v) is 7.40. The number of nitrogens with one attached hydrogen (secondary N) is 2. The van der Waals surface area contributed by atoms with Gasteiger partial charge in [0, 0.05) is 12.6 Å². The number of carbonyl (C=O) groups excluding carboxylic acids is 1. The summed E-state index contributed by atoms with van der Waals surface area (Å²) in [5.41, 5.74) is 2.55. The van der Waals surface area contributed by atoms with E-state index in [1.807, 2.05) is 0 Å². The Hall–Kier alpha value is -1.35. The Morgan fingerprint density at radius 2 is 2.00 bits per heavy atom. The summed E-state index contributed by atoms with van der Waals surface area (Å²) >= 11 is 0. The smallest absolute Gasteiger partial charge is 0.224 e. The van der Waals surface area contributed by atoms with Crippen molar-refractivity contribution in [1.29, 1.82) is 0 Å². The maximum Gasteiger partial charge on any atom is 0.224 e. The van der Waals surface area contributed by atoms with Gasteiger partial charge in [0.15, 0.2) is 0 Å². The van der Waals surface area contributed by atoms with Gasteiger partial charge in [-0.2, -0.15) is 0 Å². The van der Waals surface area contributed by atoms with E-state index in [9.17, 15) is 4.79 Å². The molecule has 3 nitrogen and oxygen atoms in total. The molecule has 1 amide bonds. The Balaban J connectivity index is 1.50. The largest absolute Gasteiger partial charge is 0.352 e. The minimum absolute atomic E-state index is 0.146. The van der Waals surface area contributed by atoms with Crippen molar-refractivity contribution in [2.75, 3.05) is 13.1 Å². The van der Waals surface area contributed by atoms with Crippen LogP contribution in [0.3, 0.4) is 0 Å². The van der Waals surface area contributed by atoms with Gasteiger partial charge in [-0.15, -0.1) is 0 Å². The summed E-state index contributed by atoms with van der Waals surface area (Å²) in [6, 6.07) is 8.89. The molecule has 1 aromatic carbocycles. The third-order valence-electron chi connectivity index (χ3n) is 4.06. The highest BCUT2D eigenvalue weighted by molar-refractivity contribution is 5.78. The number of benzene rings is 1. The van der Waals surface area contributed by atoms with Crippen LogP contribution in [0.5, 0.6) is 0 Å². The van der Waals surface area contributed by atoms with Crippen molar-refractivity contribution >= 4 is 5.91 Å². The zero-order chi connectivity index (χ0) is 13.1. The molecule has 1 saturated carbocycles. The number of hydrogen-bond acceptors (Lipinski definition) is 2. The van der Waals surface area contributed by atoms with Crippen LogP contribution in [0.25, 0.3) is 0 Å². The SMILES string of the molecule is O=C(Cc1ccc(C2CC2)cc1)NC1CCCNC1. The van der Waals surface area contributed by atoms with E-state index in [1.165, 1.54) is 18.4 Å². The van der Waals surface area contributed by atoms with Crippen LogP contribution in [-0.2, 0) is 11.2 Å². The molecule has 2 aliphatic rings. The van der Waals surface area contributed by atoms with Gasteiger partial charge in [-0.25, -0.2) is 0 Å². The van der Waals surface area contributed by atoms with Crippen LogP contribution in [0.4, 0.5) is 0 Å². The van der Waals surface area contributed by atoms with Gasteiger partial charge in [0.25, 0.3) is 0 Å². The van der Waals surface area contributed by atoms with Crippen molar-refractivity contribution in [3.63, 3.8) is 0 Å². The van der Waals surface area contributed by atoms with E-state index < -0.39 is 0 Å². The molecule has 1 saturated heterocycles. The van der Waals surface area contributed by atoms with Crippen LogP contribution in [0.2, 0.25) is 0 Å². The van der Waals surface area contributed by atoms with Crippen LogP contribution in [0, 0.1) is 0 Å². The molecule has 1 heterocycles. The van der Waals surface area contributed by atoms with Gasteiger partial charge >= 0.3 is 0 Å². The molecule has 0 aromatic heterocycles. The first kappa shape index (κ1) is 12.7. The highest BCUT2D eigenvalue weighted by Crippen LogP contribution is 2.39. The summed E-state index contributed by atoms with van der Waals surface area (Å²) in [6.45, 7) is 1.99. The zero-order valence-corrected chi connectivity index (χ0v) is 11.3. The zero-order valence-electron chi connectivity index (χ0n) is 11.3. The molecule has 102 valence electrons. The lowest BCUT2D eigenvalue weighted by molar-refractivity contribution is -0.121. The van der Waals surface area contributed by atoms with Gasteiger partial charge in [-0.1, -0.05) is 24.3 Å². The maximum atomic E-state index is 12.0. The number of piperidine rings is 1. The second-order valence-electron chi connectivity index (χ2n) is 5.80. The Labute approximate surface area is 114 Å². The van der Waals surface area contributed by atoms with Gasteiger partial charge in [-0.3, -0.25) is 4.79 Å². The highest BCUT2D eigenvalue weighted by Gasteiger charge is 2.23. The Morgan fingerprint density at radius 3 is 2.63 bits per heavy atom. The molecule has 1 aliphatic carbocycles. The summed E-state index contributed by atoms with van der Waals surface area (Å²) in [6.07, 6.45) is 5.41. The van der Waals surface area contributed by atoms with E-state index >= 15 is 0 Å². The molecule has 1 aliphatic heterocycles. The number of rotatable bonds is 4. The second kappa shape index (κ2) is 5.74. The normalized spacial score (nSPS) is 23.1. The van der Waals surface area contributed by atoms with Gasteiger partial charge in [0.1, 0.15) is 0 Å². The van der Waals surface area contributed by atoms with E-state index in [0.717, 1.165) is 37.4 Å². The lowest BCUT2D eigenvalue weighted by Gasteiger charge is -2.23. The summed E-state index contributed by atoms with van der Waals surface area (Å²) < 4.78 is 0. The molecule has 1 unspecified atom stereocenters. The van der Waals surface area contributed by atoms with Crippen molar-refractivity contribution in [3.8, 4) is 0 Å². The van der Waals surface area contributed by atoms with Crippen molar-refractivity contribution in [2.24, 2.45) is 0 Å². The third-order valence-corrected chi connectivity index (χ3v) is 4.06. The van der Waals surface area contributed by atoms with Crippen LogP contribution < -0.4 is 10.6 Å². The molecule has 3 rings (SSSR count). The van der Waals surface area contributed by atoms with E-state index in [4.69, 9.17) is 0 Å². The standard InChI is InChI=1S/C16H22N2O/c19-16(18-15-2-1-9-17-11-15)10-12-3-5-13(6-4-12)14-7-8-14/h3-6,14-15,17H,1-2,7-11H2,(H,18,19). The summed E-state index contributed by atoms with van der Waals surface area (Å²) in [5, 5.41) is 6.43. The van der Waals surface area contributed by atoms with E-state index in [1.54, 1.807) is 0 Å². The fourth-order valence-electron chi connectivity index (χ4n) is 2.76. The van der Waals surface area contributed by atoms with Gasteiger partial charge in [0.2, 0.25) is 5.91 Å². The molecule has 1 aromatic rings. The molecule has 2 fully saturated rings. The minimum Gasteiger partial charge on any atom is -0.352 e. The third kappa shape index (κ3) is 3.57. The van der Waals surface area contributed by atoms with Crippen LogP contribution in [-0.4, -0.2) is 25.0 Å². The van der Waals surface area contributed by atoms with Crippen molar-refractivity contribution in [3.05, 3.63) is 35.4 Å². The molecular formula is C16H22N2O. The van der Waals surface area contributed by atoms with Crippen molar-refractivity contribution in [1.82, 2.24) is 10.6 Å². The van der Waals surface area contributed by atoms with E-state index in [0.29, 0.717) is 12.5 Å². The fourth-order valence-corrected chi connectivity index (χ4v) is 2.76. The van der Waals surface area contributed by atoms with E-state index in [2.05, 4.69) is 34.9 Å². The van der Waals surface area contributed by atoms with Crippen LogP contribution in [0.15, 0.2) is 24.3 Å². The number of carbonyl (C=O) groups is 1. The average Bonchev–Trinajstić information content (AvgIpc) is 3.25. The topological polar surface area (TPSA) is 41.1 Å². The first-order valence-electron chi connectivity index (χ1n) is 7.40. The Bertz CT molecular complexity index is 431. The van der Waals surface area contributed by atoms with Crippen molar-refractivity contribution in [2.45, 2.75) is 44.1 Å². The molecular weight excluding hydrogens is 236 g/mol. The van der Waals surface area contributed by atoms with Gasteiger partial charge in [0.05, 0.1) is 6.42 Å². The summed E-state index contributed by atoms with van der Waals surface area (Å²) in [7, 11) is 0. The van der Waals surface area contributed by atoms with Crippen LogP contribution >= 0.6 is 0 Å². The Kier molecular flexibility index (Phi) is 3.83. The van der Waals surface area contributed by atoms with E-state index in [-0.39, 0.29) is 5.91 Å². The molecule has 0 bridgehead atoms. The van der Waals surface area contributed by atoms with Gasteiger partial charge < -0.3 is 10.6 Å². The fraction of sp³-hybridized carbons (Fsp3) is 0.562. The average molecular weight is 258 g/mol.